The molecule has 1 saturated heterocycles. The predicted molar refractivity (Wildman–Crippen MR) is 74.8 cm³/mol. The molecule has 1 unspecified atom stereocenters. The van der Waals surface area contributed by atoms with E-state index in [0.29, 0.717) is 5.69 Å². The van der Waals surface area contributed by atoms with Crippen molar-refractivity contribution in [3.63, 3.8) is 0 Å². The first-order valence-corrected chi connectivity index (χ1v) is 6.37. The Balaban J connectivity index is 2.14. The largest absolute Gasteiger partial charge is 0.388 e. The molecule has 1 atom stereocenters. The summed E-state index contributed by atoms with van der Waals surface area (Å²) >= 11 is 4.86. The van der Waals surface area contributed by atoms with Crippen LogP contribution in [0.1, 0.15) is 25.5 Å². The third-order valence-corrected chi connectivity index (χ3v) is 3.58. The molecule has 6 heteroatoms. The summed E-state index contributed by atoms with van der Waals surface area (Å²) in [6.07, 6.45) is 5.49. The lowest BCUT2D eigenvalue weighted by molar-refractivity contribution is -0.00482. The quantitative estimate of drug-likeness (QED) is 0.827. The summed E-state index contributed by atoms with van der Waals surface area (Å²) in [5, 5.41) is 0. The molecular weight excluding hydrogens is 248 g/mol. The number of hydrogen-bond acceptors (Lipinski definition) is 5. The lowest BCUT2D eigenvalue weighted by Gasteiger charge is -2.39. The molecule has 0 saturated carbocycles. The fourth-order valence-corrected chi connectivity index (χ4v) is 2.29. The molecule has 1 aliphatic rings. The monoisotopic (exact) mass is 266 g/mol. The van der Waals surface area contributed by atoms with Gasteiger partial charge in [0.25, 0.3) is 0 Å². The Bertz CT molecular complexity index is 436. The molecule has 0 amide bonds. The summed E-state index contributed by atoms with van der Waals surface area (Å²) in [6, 6.07) is 0. The number of hydrogen-bond donors (Lipinski definition) is 1. The molecule has 0 bridgehead atoms. The first kappa shape index (κ1) is 13.2. The standard InChI is InChI=1S/C12H18N4OS/c1-12(17-2)4-3-5-16(8-12)10-7-14-9(6-15-10)11(13)18/h6-7H,3-5,8H2,1-2H3,(H2,13,18). The summed E-state index contributed by atoms with van der Waals surface area (Å²) in [5.41, 5.74) is 5.95. The number of piperidine rings is 1. The Kier molecular flexibility index (Phi) is 3.77. The van der Waals surface area contributed by atoms with Gasteiger partial charge in [0.05, 0.1) is 18.0 Å². The Morgan fingerprint density at radius 3 is 2.83 bits per heavy atom. The summed E-state index contributed by atoms with van der Waals surface area (Å²) in [4.78, 5) is 11.0. The first-order chi connectivity index (χ1) is 8.54. The van der Waals surface area contributed by atoms with Crippen molar-refractivity contribution >= 4 is 23.0 Å². The summed E-state index contributed by atoms with van der Waals surface area (Å²) < 4.78 is 5.56. The highest BCUT2D eigenvalue weighted by atomic mass is 32.1. The maximum atomic E-state index is 5.56. The molecule has 5 nitrogen and oxygen atoms in total. The van der Waals surface area contributed by atoms with E-state index in [1.165, 1.54) is 0 Å². The summed E-state index contributed by atoms with van der Waals surface area (Å²) in [5.74, 6) is 0.845. The van der Waals surface area contributed by atoms with Gasteiger partial charge < -0.3 is 15.4 Å². The average molecular weight is 266 g/mol. The van der Waals surface area contributed by atoms with E-state index in [4.69, 9.17) is 22.7 Å². The second-order valence-corrected chi connectivity index (χ2v) is 5.24. The lowest BCUT2D eigenvalue weighted by atomic mass is 9.95. The Morgan fingerprint density at radius 2 is 2.28 bits per heavy atom. The van der Waals surface area contributed by atoms with Crippen molar-refractivity contribution in [3.05, 3.63) is 18.1 Å². The van der Waals surface area contributed by atoms with Gasteiger partial charge in [0.2, 0.25) is 0 Å². The van der Waals surface area contributed by atoms with Gasteiger partial charge in [-0.2, -0.15) is 0 Å². The van der Waals surface area contributed by atoms with Crippen LogP contribution in [-0.4, -0.2) is 40.8 Å². The molecule has 2 rings (SSSR count). The molecule has 98 valence electrons. The van der Waals surface area contributed by atoms with Gasteiger partial charge in [-0.3, -0.25) is 0 Å². The fraction of sp³-hybridized carbons (Fsp3) is 0.583. The topological polar surface area (TPSA) is 64.3 Å². The molecule has 1 aromatic heterocycles. The van der Waals surface area contributed by atoms with Crippen LogP contribution in [0, 0.1) is 0 Å². The van der Waals surface area contributed by atoms with E-state index >= 15 is 0 Å². The van der Waals surface area contributed by atoms with E-state index in [-0.39, 0.29) is 10.6 Å². The maximum absolute atomic E-state index is 5.56. The van der Waals surface area contributed by atoms with Crippen molar-refractivity contribution in [2.24, 2.45) is 5.73 Å². The van der Waals surface area contributed by atoms with Crippen LogP contribution in [0.5, 0.6) is 0 Å². The van der Waals surface area contributed by atoms with Gasteiger partial charge >= 0.3 is 0 Å². The first-order valence-electron chi connectivity index (χ1n) is 5.96. The molecule has 0 spiro atoms. The highest BCUT2D eigenvalue weighted by molar-refractivity contribution is 7.80. The van der Waals surface area contributed by atoms with Gasteiger partial charge in [0.1, 0.15) is 16.5 Å². The maximum Gasteiger partial charge on any atom is 0.147 e. The minimum absolute atomic E-state index is 0.109. The molecule has 2 heterocycles. The number of nitrogens with zero attached hydrogens (tertiary/aromatic N) is 3. The normalized spacial score (nSPS) is 24.0. The molecule has 18 heavy (non-hydrogen) atoms. The van der Waals surface area contributed by atoms with E-state index in [1.54, 1.807) is 19.5 Å². The van der Waals surface area contributed by atoms with Crippen LogP contribution in [-0.2, 0) is 4.74 Å². The molecular formula is C12H18N4OS. The number of ether oxygens (including phenoxy) is 1. The van der Waals surface area contributed by atoms with Crippen molar-refractivity contribution in [3.8, 4) is 0 Å². The van der Waals surface area contributed by atoms with Crippen molar-refractivity contribution in [2.75, 3.05) is 25.1 Å². The number of nitrogens with two attached hydrogens (primary N) is 1. The number of aromatic nitrogens is 2. The zero-order chi connectivity index (χ0) is 13.2. The van der Waals surface area contributed by atoms with Gasteiger partial charge in [0, 0.05) is 20.2 Å². The summed E-state index contributed by atoms with van der Waals surface area (Å²) in [7, 11) is 1.76. The van der Waals surface area contributed by atoms with E-state index in [9.17, 15) is 0 Å². The molecule has 0 aromatic carbocycles. The summed E-state index contributed by atoms with van der Waals surface area (Å²) in [6.45, 7) is 3.92. The second-order valence-electron chi connectivity index (χ2n) is 4.80. The molecule has 0 aliphatic carbocycles. The lowest BCUT2D eigenvalue weighted by Crippen LogP contribution is -2.47. The predicted octanol–water partition coefficient (Wildman–Crippen LogP) is 1.12. The molecule has 0 radical (unpaired) electrons. The van der Waals surface area contributed by atoms with Crippen LogP contribution in [0.4, 0.5) is 5.82 Å². The second kappa shape index (κ2) is 5.16. The SMILES string of the molecule is COC1(C)CCCN(c2cnc(C(N)=S)cn2)C1. The fourth-order valence-electron chi connectivity index (χ4n) is 2.18. The third-order valence-electron chi connectivity index (χ3n) is 3.37. The van der Waals surface area contributed by atoms with Gasteiger partial charge in [-0.05, 0) is 19.8 Å². The van der Waals surface area contributed by atoms with Crippen LogP contribution in [0.3, 0.4) is 0 Å². The van der Waals surface area contributed by atoms with Gasteiger partial charge in [-0.25, -0.2) is 9.97 Å². The van der Waals surface area contributed by atoms with Crippen molar-refractivity contribution in [2.45, 2.75) is 25.4 Å². The number of methoxy groups -OCH3 is 1. The Hall–Kier alpha value is -1.27. The van der Waals surface area contributed by atoms with Crippen LogP contribution in [0.15, 0.2) is 12.4 Å². The third kappa shape index (κ3) is 2.76. The van der Waals surface area contributed by atoms with E-state index in [1.807, 2.05) is 0 Å². The minimum Gasteiger partial charge on any atom is -0.388 e. The smallest absolute Gasteiger partial charge is 0.147 e. The molecule has 2 N–H and O–H groups in total. The van der Waals surface area contributed by atoms with Gasteiger partial charge in [-0.1, -0.05) is 12.2 Å². The van der Waals surface area contributed by atoms with Crippen LogP contribution in [0.25, 0.3) is 0 Å². The highest BCUT2D eigenvalue weighted by Gasteiger charge is 2.31. The van der Waals surface area contributed by atoms with E-state index in [2.05, 4.69) is 21.8 Å². The molecule has 1 aliphatic heterocycles. The van der Waals surface area contributed by atoms with Crippen LogP contribution < -0.4 is 10.6 Å². The van der Waals surface area contributed by atoms with Crippen molar-refractivity contribution in [1.29, 1.82) is 0 Å². The number of rotatable bonds is 3. The van der Waals surface area contributed by atoms with E-state index in [0.717, 1.165) is 31.7 Å². The number of thiocarbonyl (C=S) groups is 1. The highest BCUT2D eigenvalue weighted by Crippen LogP contribution is 2.26. The Morgan fingerprint density at radius 1 is 1.50 bits per heavy atom. The van der Waals surface area contributed by atoms with Gasteiger partial charge in [-0.15, -0.1) is 0 Å². The Labute approximate surface area is 112 Å². The van der Waals surface area contributed by atoms with E-state index < -0.39 is 0 Å². The number of anilines is 1. The minimum atomic E-state index is -0.109. The average Bonchev–Trinajstić information content (AvgIpc) is 2.39. The zero-order valence-corrected chi connectivity index (χ0v) is 11.5. The van der Waals surface area contributed by atoms with Crippen molar-refractivity contribution in [1.82, 2.24) is 9.97 Å². The molecule has 1 aromatic rings. The molecule has 1 fully saturated rings. The zero-order valence-electron chi connectivity index (χ0n) is 10.7. The van der Waals surface area contributed by atoms with Gasteiger partial charge in [0.15, 0.2) is 0 Å². The van der Waals surface area contributed by atoms with Crippen LogP contribution in [0.2, 0.25) is 0 Å². The van der Waals surface area contributed by atoms with Crippen molar-refractivity contribution < 1.29 is 4.74 Å². The van der Waals surface area contributed by atoms with Crippen LogP contribution >= 0.6 is 12.2 Å².